The first-order valence-corrected chi connectivity index (χ1v) is 11.2. The van der Waals surface area contributed by atoms with Gasteiger partial charge in [-0.2, -0.15) is 0 Å². The summed E-state index contributed by atoms with van der Waals surface area (Å²) in [5, 5.41) is 0.997. The molecule has 0 aliphatic carbocycles. The second-order valence-electron chi connectivity index (χ2n) is 7.76. The van der Waals surface area contributed by atoms with Crippen LogP contribution in [-0.4, -0.2) is 15.5 Å². The molecule has 0 fully saturated rings. The Morgan fingerprint density at radius 3 is 2.72 bits per heavy atom. The monoisotopic (exact) mass is 461 g/mol. The molecule has 10 heteroatoms. The molecule has 1 aromatic carbocycles. The number of esters is 1. The maximum atomic E-state index is 13.3. The first kappa shape index (κ1) is 23.2. The van der Waals surface area contributed by atoms with Crippen LogP contribution in [0.5, 0.6) is 0 Å². The second-order valence-corrected chi connectivity index (χ2v) is 8.39. The van der Waals surface area contributed by atoms with Gasteiger partial charge in [0, 0.05) is 16.5 Å². The number of carbonyl (C=O) groups is 1. The van der Waals surface area contributed by atoms with Crippen molar-refractivity contribution in [3.63, 3.8) is 0 Å². The minimum absolute atomic E-state index is 0. The van der Waals surface area contributed by atoms with Crippen LogP contribution in [0.15, 0.2) is 35.1 Å². The van der Waals surface area contributed by atoms with E-state index < -0.39 is 19.8 Å². The zero-order chi connectivity index (χ0) is 21.9. The van der Waals surface area contributed by atoms with Crippen LogP contribution in [0.3, 0.4) is 0 Å². The molecule has 0 radical (unpaired) electrons. The number of fused-ring (bicyclic) bond motifs is 5. The van der Waals surface area contributed by atoms with E-state index in [2.05, 4.69) is 13.0 Å². The van der Waals surface area contributed by atoms with E-state index in [9.17, 15) is 19.0 Å². The molecule has 0 amide bonds. The van der Waals surface area contributed by atoms with Crippen LogP contribution in [0.2, 0.25) is 0 Å². The van der Waals surface area contributed by atoms with Gasteiger partial charge in [0.2, 0.25) is 5.60 Å². The molecule has 0 saturated carbocycles. The van der Waals surface area contributed by atoms with Gasteiger partial charge in [0.25, 0.3) is 5.56 Å². The maximum Gasteiger partial charge on any atom is 1.00 e. The number of hydrogen-bond donors (Lipinski definition) is 0. The Bertz CT molecular complexity index is 1350. The zero-order valence-corrected chi connectivity index (χ0v) is 20.9. The molecular formula is C22H19N2NaO6P+. The molecule has 8 nitrogen and oxygen atoms in total. The van der Waals surface area contributed by atoms with E-state index in [1.54, 1.807) is 17.6 Å². The summed E-state index contributed by atoms with van der Waals surface area (Å²) < 4.78 is 23.2. The number of nitrogens with zero attached hydrogens (tertiary/aromatic N) is 2. The Morgan fingerprint density at radius 2 is 2.03 bits per heavy atom. The van der Waals surface area contributed by atoms with Gasteiger partial charge in [-0.05, 0) is 47.2 Å². The average molecular weight is 461 g/mol. The van der Waals surface area contributed by atoms with E-state index in [0.717, 1.165) is 22.9 Å². The number of ether oxygens (including phenoxy) is 1. The number of benzene rings is 1. The van der Waals surface area contributed by atoms with Gasteiger partial charge in [-0.3, -0.25) is 4.79 Å². The molecule has 0 saturated heterocycles. The van der Waals surface area contributed by atoms with Crippen molar-refractivity contribution in [3.05, 3.63) is 62.9 Å². The average Bonchev–Trinajstić information content (AvgIpc) is 3.11. The summed E-state index contributed by atoms with van der Waals surface area (Å²) in [7, 11) is -3.35. The van der Waals surface area contributed by atoms with Crippen molar-refractivity contribution in [3.8, 4) is 11.4 Å². The standard InChI is InChI=1S/C22H19N2O6P.Na/c1-3-12-5-6-17-13(7-12)8-14-10-24-18(19(14)23-17)9-16-15(20(24)25)11-29-21(26)22(16,4-2)30-31(27)28;/h5-9H,3-4,10-11H2,1-2H3;/q;+1/t22-;/m0./s1. The van der Waals surface area contributed by atoms with Crippen molar-refractivity contribution in [2.45, 2.75) is 45.4 Å². The Kier molecular flexibility index (Phi) is 6.13. The number of carbonyl (C=O) groups excluding carboxylic acids is 1. The number of aromatic nitrogens is 2. The summed E-state index contributed by atoms with van der Waals surface area (Å²) in [5.41, 5.74) is 2.34. The van der Waals surface area contributed by atoms with Gasteiger partial charge in [0.15, 0.2) is 0 Å². The van der Waals surface area contributed by atoms with E-state index >= 15 is 0 Å². The van der Waals surface area contributed by atoms with Gasteiger partial charge >= 0.3 is 43.8 Å². The fraction of sp³-hybridized carbons (Fsp3) is 0.318. The minimum atomic E-state index is -3.35. The Morgan fingerprint density at radius 1 is 1.25 bits per heavy atom. The van der Waals surface area contributed by atoms with Crippen molar-refractivity contribution >= 4 is 25.1 Å². The predicted molar refractivity (Wildman–Crippen MR) is 110 cm³/mol. The molecule has 1 unspecified atom stereocenters. The van der Waals surface area contributed by atoms with Crippen molar-refractivity contribution in [2.75, 3.05) is 0 Å². The fourth-order valence-electron chi connectivity index (χ4n) is 4.52. The van der Waals surface area contributed by atoms with Gasteiger partial charge in [-0.25, -0.2) is 9.78 Å². The smallest absolute Gasteiger partial charge is 0.566 e. The largest absolute Gasteiger partial charge is 1.00 e. The van der Waals surface area contributed by atoms with Crippen LogP contribution in [0.4, 0.5) is 0 Å². The summed E-state index contributed by atoms with van der Waals surface area (Å²) in [6.45, 7) is 3.83. The number of aryl methyl sites for hydroxylation is 1. The molecule has 32 heavy (non-hydrogen) atoms. The van der Waals surface area contributed by atoms with Gasteiger partial charge in [0.05, 0.1) is 29.0 Å². The van der Waals surface area contributed by atoms with E-state index in [4.69, 9.17) is 14.2 Å². The van der Waals surface area contributed by atoms with E-state index in [1.165, 1.54) is 5.56 Å². The zero-order valence-electron chi connectivity index (χ0n) is 18.0. The van der Waals surface area contributed by atoms with Crippen molar-refractivity contribution < 1.29 is 53.1 Å². The molecule has 2 atom stereocenters. The molecule has 2 aromatic heterocycles. The van der Waals surface area contributed by atoms with E-state index in [0.29, 0.717) is 17.9 Å². The number of rotatable bonds is 4. The van der Waals surface area contributed by atoms with E-state index in [1.807, 2.05) is 18.2 Å². The minimum Gasteiger partial charge on any atom is -0.566 e. The quantitative estimate of drug-likeness (QED) is 0.233. The molecule has 5 rings (SSSR count). The molecule has 0 spiro atoms. The number of hydrogen-bond acceptors (Lipinski definition) is 7. The molecule has 0 N–H and O–H groups in total. The third-order valence-corrected chi connectivity index (χ3v) is 6.64. The summed E-state index contributed by atoms with van der Waals surface area (Å²) in [4.78, 5) is 42.1. The topological polar surface area (TPSA) is 111 Å². The van der Waals surface area contributed by atoms with Crippen molar-refractivity contribution in [1.82, 2.24) is 9.55 Å². The molecule has 2 aliphatic rings. The van der Waals surface area contributed by atoms with Gasteiger partial charge in [0.1, 0.15) is 6.61 Å². The molecule has 4 heterocycles. The first-order valence-electron chi connectivity index (χ1n) is 10.1. The molecule has 0 bridgehead atoms. The summed E-state index contributed by atoms with van der Waals surface area (Å²) in [6, 6.07) is 9.75. The van der Waals surface area contributed by atoms with Crippen LogP contribution in [0.1, 0.15) is 42.5 Å². The summed E-state index contributed by atoms with van der Waals surface area (Å²) in [6.07, 6.45) is 0.914. The van der Waals surface area contributed by atoms with Crippen LogP contribution >= 0.6 is 8.25 Å². The van der Waals surface area contributed by atoms with Crippen LogP contribution in [-0.2, 0) is 43.8 Å². The maximum absolute atomic E-state index is 13.3. The molecule has 2 aliphatic heterocycles. The summed E-state index contributed by atoms with van der Waals surface area (Å²) in [5.74, 6) is -0.817. The van der Waals surface area contributed by atoms with Gasteiger partial charge in [-0.15, -0.1) is 4.52 Å². The van der Waals surface area contributed by atoms with Crippen molar-refractivity contribution in [1.29, 1.82) is 0 Å². The SMILES string of the molecule is CCc1ccc2nc3c(cc2c1)Cn1c-3cc2c(c1=O)COC(=O)[C@@]2(CC)O[P+](=O)[O-].[Na+]. The molecular weight excluding hydrogens is 442 g/mol. The number of pyridine rings is 2. The van der Waals surface area contributed by atoms with E-state index in [-0.39, 0.29) is 59.3 Å². The third kappa shape index (κ3) is 3.37. The third-order valence-electron chi connectivity index (χ3n) is 6.18. The Hall–Kier alpha value is -1.93. The van der Waals surface area contributed by atoms with Crippen molar-refractivity contribution in [2.24, 2.45) is 0 Å². The van der Waals surface area contributed by atoms with Gasteiger partial charge < -0.3 is 14.2 Å². The molecule has 3 aromatic rings. The normalized spacial score (nSPS) is 19.0. The Balaban J connectivity index is 0.00000245. The van der Waals surface area contributed by atoms with Crippen LogP contribution in [0, 0.1) is 0 Å². The predicted octanol–water partition coefficient (Wildman–Crippen LogP) is -0.312. The second kappa shape index (κ2) is 8.45. The first-order chi connectivity index (χ1) is 14.9. The van der Waals surface area contributed by atoms with Crippen LogP contribution in [0.25, 0.3) is 22.3 Å². The molecule has 158 valence electrons. The Labute approximate surface area is 206 Å². The summed E-state index contributed by atoms with van der Waals surface area (Å²) >= 11 is 0. The van der Waals surface area contributed by atoms with Crippen LogP contribution < -0.4 is 40.0 Å². The fourth-order valence-corrected chi connectivity index (χ4v) is 5.08. The van der Waals surface area contributed by atoms with Gasteiger partial charge in [-0.1, -0.05) is 19.9 Å². The number of cyclic esters (lactones) is 1.